The van der Waals surface area contributed by atoms with Crippen LogP contribution in [-0.2, 0) is 22.5 Å². The van der Waals surface area contributed by atoms with E-state index in [1.165, 1.54) is 0 Å². The minimum Gasteiger partial charge on any atom is -0.872 e. The van der Waals surface area contributed by atoms with Gasteiger partial charge in [-0.15, -0.1) is 0 Å². The molecular formula is C40H33I2O5P. The number of hydrogen-bond acceptors (Lipinski definition) is 5. The molecule has 242 valence electrons. The Labute approximate surface area is 308 Å². The van der Waals surface area contributed by atoms with Gasteiger partial charge in [0.1, 0.15) is 23.2 Å². The Morgan fingerprint density at radius 1 is 0.562 bits per heavy atom. The van der Waals surface area contributed by atoms with E-state index in [2.05, 4.69) is 45.2 Å². The molecule has 0 aromatic heterocycles. The lowest BCUT2D eigenvalue weighted by Crippen LogP contribution is -2.61. The first-order valence-electron chi connectivity index (χ1n) is 15.7. The number of fused-ring (bicyclic) bond motifs is 3. The fourth-order valence-corrected chi connectivity index (χ4v) is 16.7. The minimum atomic E-state index is -3.32. The molecule has 6 rings (SSSR count). The van der Waals surface area contributed by atoms with Crippen molar-refractivity contribution in [3.63, 3.8) is 0 Å². The van der Waals surface area contributed by atoms with Gasteiger partial charge in [0.05, 0.1) is 13.2 Å². The molecule has 0 N–H and O–H groups in total. The third-order valence-electron chi connectivity index (χ3n) is 8.68. The first-order chi connectivity index (χ1) is 23.3. The zero-order chi connectivity index (χ0) is 33.9. The van der Waals surface area contributed by atoms with Gasteiger partial charge in [-0.1, -0.05) is 131 Å². The van der Waals surface area contributed by atoms with Gasteiger partial charge in [0, 0.05) is 0 Å². The zero-order valence-corrected chi connectivity index (χ0v) is 31.6. The molecule has 0 aliphatic rings. The van der Waals surface area contributed by atoms with Crippen LogP contribution in [0.25, 0.3) is 21.5 Å². The zero-order valence-electron chi connectivity index (χ0n) is 26.4. The first-order valence-corrected chi connectivity index (χ1v) is 19.6. The number of alkyl halides is 2. The van der Waals surface area contributed by atoms with E-state index in [4.69, 9.17) is 9.47 Å². The Hall–Kier alpha value is -3.53. The predicted molar refractivity (Wildman–Crippen MR) is 212 cm³/mol. The number of hydrogen-bond donors (Lipinski definition) is 0. The maximum Gasteiger partial charge on any atom is 0.364 e. The topological polar surface area (TPSA) is 75.7 Å². The SMILES string of the molecule is CCOC(=O)C(I)(c1c([O-])c2ccccc2c2ccccc12)C(I)(C(=O)OCC)[P+](c1ccccc1)(c1ccccc1)c1ccccc1. The van der Waals surface area contributed by atoms with Crippen molar-refractivity contribution in [1.29, 1.82) is 0 Å². The van der Waals surface area contributed by atoms with Gasteiger partial charge in [0.2, 0.25) is 3.42 Å². The normalized spacial score (nSPS) is 14.2. The monoisotopic (exact) mass is 878 g/mol. The summed E-state index contributed by atoms with van der Waals surface area (Å²) in [5.74, 6) is -1.61. The van der Waals surface area contributed by atoms with E-state index in [0.29, 0.717) is 10.8 Å². The summed E-state index contributed by atoms with van der Waals surface area (Å²) in [4.78, 5) is 30.5. The smallest absolute Gasteiger partial charge is 0.364 e. The maximum atomic E-state index is 15.4. The van der Waals surface area contributed by atoms with E-state index in [-0.39, 0.29) is 24.5 Å². The fourth-order valence-electron chi connectivity index (χ4n) is 6.76. The van der Waals surface area contributed by atoms with Crippen LogP contribution < -0.4 is 21.0 Å². The van der Waals surface area contributed by atoms with E-state index >= 15 is 14.7 Å². The number of esters is 2. The number of carbonyl (C=O) groups is 2. The molecule has 0 aliphatic heterocycles. The van der Waals surface area contributed by atoms with E-state index in [1.807, 2.05) is 133 Å². The highest BCUT2D eigenvalue weighted by Crippen LogP contribution is 2.77. The summed E-state index contributed by atoms with van der Waals surface area (Å²) in [7, 11) is -3.32. The number of carbonyl (C=O) groups excluding carboxylic acids is 2. The summed E-state index contributed by atoms with van der Waals surface area (Å²) in [5, 5.41) is 20.3. The number of halogens is 2. The summed E-state index contributed by atoms with van der Waals surface area (Å²) in [5.41, 5.74) is 0.200. The number of rotatable bonds is 10. The number of benzene rings is 6. The number of ether oxygens (including phenoxy) is 2. The van der Waals surface area contributed by atoms with E-state index in [9.17, 15) is 0 Å². The van der Waals surface area contributed by atoms with Gasteiger partial charge in [0.25, 0.3) is 3.16 Å². The summed E-state index contributed by atoms with van der Waals surface area (Å²) in [6.45, 7) is 3.61. The molecule has 2 atom stereocenters. The Balaban J connectivity index is 1.92. The van der Waals surface area contributed by atoms with Crippen molar-refractivity contribution in [3.05, 3.63) is 145 Å². The fraction of sp³-hybridized carbons (Fsp3) is 0.150. The lowest BCUT2D eigenvalue weighted by atomic mass is 9.86. The van der Waals surface area contributed by atoms with Crippen molar-refractivity contribution < 1.29 is 24.2 Å². The maximum absolute atomic E-state index is 15.4. The van der Waals surface area contributed by atoms with Crippen molar-refractivity contribution in [1.82, 2.24) is 0 Å². The van der Waals surface area contributed by atoms with Gasteiger partial charge >= 0.3 is 11.9 Å². The molecule has 0 heterocycles. The van der Waals surface area contributed by atoms with Crippen LogP contribution in [-0.4, -0.2) is 28.3 Å². The van der Waals surface area contributed by atoms with Gasteiger partial charge in [-0.2, -0.15) is 0 Å². The Bertz CT molecular complexity index is 2000. The Morgan fingerprint density at radius 3 is 1.35 bits per heavy atom. The van der Waals surface area contributed by atoms with Crippen LogP contribution in [0.3, 0.4) is 0 Å². The van der Waals surface area contributed by atoms with Crippen molar-refractivity contribution in [2.45, 2.75) is 20.4 Å². The molecule has 0 bridgehead atoms. The molecule has 6 aromatic carbocycles. The molecule has 6 aromatic rings. The molecule has 0 radical (unpaired) electrons. The molecule has 8 heteroatoms. The molecule has 0 aliphatic carbocycles. The van der Waals surface area contributed by atoms with Gasteiger partial charge in [-0.25, -0.2) is 4.79 Å². The van der Waals surface area contributed by atoms with Crippen LogP contribution >= 0.6 is 52.4 Å². The van der Waals surface area contributed by atoms with E-state index in [1.54, 1.807) is 19.9 Å². The van der Waals surface area contributed by atoms with Gasteiger partial charge in [0.15, 0.2) is 0 Å². The van der Waals surface area contributed by atoms with Crippen LogP contribution in [0.5, 0.6) is 5.75 Å². The van der Waals surface area contributed by atoms with Crippen LogP contribution in [0.4, 0.5) is 0 Å². The van der Waals surface area contributed by atoms with Crippen LogP contribution in [0.2, 0.25) is 0 Å². The van der Waals surface area contributed by atoms with Crippen LogP contribution in [0.15, 0.2) is 140 Å². The summed E-state index contributed by atoms with van der Waals surface area (Å²) in [6, 6.07) is 44.6. The first kappa shape index (κ1) is 34.3. The molecule has 2 unspecified atom stereocenters. The largest absolute Gasteiger partial charge is 0.872 e. The van der Waals surface area contributed by atoms with Crippen molar-refractivity contribution in [3.8, 4) is 5.75 Å². The molecule has 0 fully saturated rings. The van der Waals surface area contributed by atoms with Crippen LogP contribution in [0, 0.1) is 0 Å². The third kappa shape index (κ3) is 5.20. The third-order valence-corrected chi connectivity index (χ3v) is 20.0. The second kappa shape index (κ2) is 14.1. The predicted octanol–water partition coefficient (Wildman–Crippen LogP) is 7.95. The highest BCUT2D eigenvalue weighted by atomic mass is 127. The Morgan fingerprint density at radius 2 is 0.917 bits per heavy atom. The molecule has 0 saturated heterocycles. The lowest BCUT2D eigenvalue weighted by Gasteiger charge is -2.47. The molecular weight excluding hydrogens is 845 g/mol. The molecule has 5 nitrogen and oxygen atoms in total. The van der Waals surface area contributed by atoms with Gasteiger partial charge in [-0.3, -0.25) is 4.79 Å². The van der Waals surface area contributed by atoms with Crippen molar-refractivity contribution in [2.75, 3.05) is 13.2 Å². The van der Waals surface area contributed by atoms with Crippen LogP contribution in [0.1, 0.15) is 19.4 Å². The molecule has 0 spiro atoms. The minimum absolute atomic E-state index is 0.0479. The second-order valence-corrected chi connectivity index (χ2v) is 18.8. The molecule has 0 amide bonds. The second-order valence-electron chi connectivity index (χ2n) is 11.2. The summed E-state index contributed by atoms with van der Waals surface area (Å²) < 4.78 is 8.40. The average Bonchev–Trinajstić information content (AvgIpc) is 3.13. The summed E-state index contributed by atoms with van der Waals surface area (Å²) in [6.07, 6.45) is 0. The van der Waals surface area contributed by atoms with Crippen molar-refractivity contribution in [2.24, 2.45) is 0 Å². The van der Waals surface area contributed by atoms with Gasteiger partial charge in [-0.05, 0) is 99.9 Å². The molecule has 48 heavy (non-hydrogen) atoms. The van der Waals surface area contributed by atoms with Gasteiger partial charge < -0.3 is 14.6 Å². The Kier molecular flexibility index (Phi) is 10.1. The van der Waals surface area contributed by atoms with Crippen molar-refractivity contribution >= 4 is 102 Å². The van der Waals surface area contributed by atoms with E-state index < -0.39 is 25.8 Å². The highest BCUT2D eigenvalue weighted by Gasteiger charge is 2.79. The van der Waals surface area contributed by atoms with E-state index in [0.717, 1.165) is 26.7 Å². The average molecular weight is 878 g/mol. The quantitative estimate of drug-likeness (QED) is 0.0460. The molecule has 0 saturated carbocycles. The highest BCUT2D eigenvalue weighted by molar-refractivity contribution is 14.1. The standard InChI is InChI=1S/C40H33I2O5P/c1-3-46-37(44)39(41,35-33-26-16-14-24-31(33)32-25-15-17-27-34(32)36(35)43)40(42,38(45)47-4-2)48(28-18-8-5-9-19-28,29-20-10-6-11-21-29)30-22-12-7-13-23-30/h5-27H,3-4H2,1-2H3. The lowest BCUT2D eigenvalue weighted by molar-refractivity contribution is -0.267. The summed E-state index contributed by atoms with van der Waals surface area (Å²) >= 11 is 4.27.